The molecule has 0 spiro atoms. The van der Waals surface area contributed by atoms with Crippen LogP contribution < -0.4 is 5.32 Å². The molecule has 0 aliphatic rings. The van der Waals surface area contributed by atoms with Gasteiger partial charge in [0.05, 0.1) is 25.6 Å². The molecule has 1 unspecified atom stereocenters. The average Bonchev–Trinajstić information content (AvgIpc) is 2.80. The van der Waals surface area contributed by atoms with Gasteiger partial charge in [-0.2, -0.15) is 0 Å². The lowest BCUT2D eigenvalue weighted by Gasteiger charge is -2.25. The van der Waals surface area contributed by atoms with Crippen LogP contribution in [0, 0.1) is 0 Å². The summed E-state index contributed by atoms with van der Waals surface area (Å²) in [6.45, 7) is 4.72. The highest BCUT2D eigenvalue weighted by atomic mass is 16.5. The maximum absolute atomic E-state index is 9.64. The molecule has 0 aliphatic heterocycles. The second-order valence-corrected chi connectivity index (χ2v) is 4.67. The third kappa shape index (κ3) is 5.83. The van der Waals surface area contributed by atoms with Crippen LogP contribution in [0.2, 0.25) is 0 Å². The molecule has 0 bridgehead atoms. The van der Waals surface area contributed by atoms with Gasteiger partial charge in [-0.15, -0.1) is 0 Å². The molecule has 3 N–H and O–H groups in total. The van der Waals surface area contributed by atoms with Crippen LogP contribution >= 0.6 is 0 Å². The van der Waals surface area contributed by atoms with Gasteiger partial charge in [0.25, 0.3) is 0 Å². The summed E-state index contributed by atoms with van der Waals surface area (Å²) in [5.74, 6) is 0.737. The van der Waals surface area contributed by atoms with Crippen molar-refractivity contribution in [2.45, 2.75) is 32.1 Å². The van der Waals surface area contributed by atoms with Gasteiger partial charge in [-0.25, -0.2) is 0 Å². The maximum atomic E-state index is 9.64. The minimum atomic E-state index is -0.601. The Kier molecular flexibility index (Phi) is 5.64. The molecule has 1 heterocycles. The van der Waals surface area contributed by atoms with Crippen molar-refractivity contribution in [3.8, 4) is 0 Å². The van der Waals surface area contributed by atoms with Crippen molar-refractivity contribution in [3.63, 3.8) is 0 Å². The maximum Gasteiger partial charge on any atom is 0.129 e. The van der Waals surface area contributed by atoms with Crippen LogP contribution in [0.5, 0.6) is 0 Å². The van der Waals surface area contributed by atoms with E-state index in [1.165, 1.54) is 0 Å². The monoisotopic (exact) mass is 243 g/mol. The number of aliphatic hydroxyl groups is 2. The summed E-state index contributed by atoms with van der Waals surface area (Å²) < 4.78 is 10.4. The molecule has 1 aromatic rings. The van der Waals surface area contributed by atoms with Gasteiger partial charge in [-0.05, 0) is 26.0 Å². The lowest BCUT2D eigenvalue weighted by Crippen LogP contribution is -2.46. The van der Waals surface area contributed by atoms with Gasteiger partial charge < -0.3 is 24.7 Å². The molecule has 17 heavy (non-hydrogen) atoms. The van der Waals surface area contributed by atoms with E-state index in [-0.39, 0.29) is 18.8 Å². The van der Waals surface area contributed by atoms with Crippen LogP contribution in [0.15, 0.2) is 22.8 Å². The van der Waals surface area contributed by atoms with Gasteiger partial charge in [0.1, 0.15) is 12.4 Å². The molecule has 0 radical (unpaired) electrons. The van der Waals surface area contributed by atoms with E-state index in [9.17, 15) is 5.11 Å². The van der Waals surface area contributed by atoms with E-state index in [4.69, 9.17) is 14.3 Å². The molecule has 1 rings (SSSR count). The summed E-state index contributed by atoms with van der Waals surface area (Å²) in [6, 6.07) is 3.61. The molecule has 98 valence electrons. The molecule has 0 saturated heterocycles. The fourth-order valence-corrected chi connectivity index (χ4v) is 1.20. The smallest absolute Gasteiger partial charge is 0.129 e. The highest BCUT2D eigenvalue weighted by Crippen LogP contribution is 2.03. The minimum absolute atomic E-state index is 0.0208. The van der Waals surface area contributed by atoms with Gasteiger partial charge in [0.15, 0.2) is 0 Å². The molecule has 0 fully saturated rings. The quantitative estimate of drug-likeness (QED) is 0.620. The Morgan fingerprint density at radius 2 is 2.29 bits per heavy atom. The summed E-state index contributed by atoms with van der Waals surface area (Å²) in [4.78, 5) is 0. The third-order valence-electron chi connectivity index (χ3n) is 2.35. The van der Waals surface area contributed by atoms with E-state index in [1.807, 2.05) is 19.9 Å². The van der Waals surface area contributed by atoms with Crippen molar-refractivity contribution in [2.75, 3.05) is 19.8 Å². The zero-order valence-electron chi connectivity index (χ0n) is 10.3. The number of aliphatic hydroxyl groups excluding tert-OH is 2. The highest BCUT2D eigenvalue weighted by Gasteiger charge is 2.17. The zero-order chi connectivity index (χ0) is 12.7. The van der Waals surface area contributed by atoms with E-state index < -0.39 is 6.10 Å². The Hall–Kier alpha value is -0.880. The first-order chi connectivity index (χ1) is 8.03. The first kappa shape index (κ1) is 14.2. The van der Waals surface area contributed by atoms with Crippen molar-refractivity contribution in [1.82, 2.24) is 5.32 Å². The van der Waals surface area contributed by atoms with Gasteiger partial charge in [0.2, 0.25) is 0 Å². The topological polar surface area (TPSA) is 74.9 Å². The molecule has 0 amide bonds. The standard InChI is InChI=1S/C12H21NO4/c1-12(2,9-14)13-6-10(15)7-16-8-11-4-3-5-17-11/h3-5,10,13-15H,6-9H2,1-2H3. The number of furan rings is 1. The van der Waals surface area contributed by atoms with Crippen LogP contribution in [0.3, 0.4) is 0 Å². The molecule has 1 atom stereocenters. The van der Waals surface area contributed by atoms with Gasteiger partial charge in [0, 0.05) is 12.1 Å². The normalized spacial score (nSPS) is 13.9. The van der Waals surface area contributed by atoms with Crippen molar-refractivity contribution in [3.05, 3.63) is 24.2 Å². The average molecular weight is 243 g/mol. The minimum Gasteiger partial charge on any atom is -0.467 e. The molecule has 0 aliphatic carbocycles. The van der Waals surface area contributed by atoms with E-state index in [2.05, 4.69) is 5.32 Å². The van der Waals surface area contributed by atoms with Gasteiger partial charge >= 0.3 is 0 Å². The Labute approximate surface area is 101 Å². The molecular formula is C12H21NO4. The lowest BCUT2D eigenvalue weighted by atomic mass is 10.1. The van der Waals surface area contributed by atoms with Crippen molar-refractivity contribution < 1.29 is 19.4 Å². The second-order valence-electron chi connectivity index (χ2n) is 4.67. The highest BCUT2D eigenvalue weighted by molar-refractivity contribution is 4.96. The third-order valence-corrected chi connectivity index (χ3v) is 2.35. The number of hydrogen-bond acceptors (Lipinski definition) is 5. The van der Waals surface area contributed by atoms with Crippen LogP contribution in [-0.4, -0.2) is 41.6 Å². The second kappa shape index (κ2) is 6.76. The Bertz CT molecular complexity index is 297. The van der Waals surface area contributed by atoms with Crippen molar-refractivity contribution in [2.24, 2.45) is 0 Å². The Balaban J connectivity index is 2.11. The zero-order valence-corrected chi connectivity index (χ0v) is 10.3. The van der Waals surface area contributed by atoms with E-state index >= 15 is 0 Å². The Morgan fingerprint density at radius 3 is 2.88 bits per heavy atom. The molecule has 0 aromatic carbocycles. The van der Waals surface area contributed by atoms with Crippen molar-refractivity contribution in [1.29, 1.82) is 0 Å². The number of rotatable bonds is 8. The summed E-state index contributed by atoms with van der Waals surface area (Å²) in [6.07, 6.45) is 0.983. The SMILES string of the molecule is CC(C)(CO)NCC(O)COCc1ccco1. The number of hydrogen-bond donors (Lipinski definition) is 3. The van der Waals surface area contributed by atoms with Crippen LogP contribution in [-0.2, 0) is 11.3 Å². The lowest BCUT2D eigenvalue weighted by molar-refractivity contribution is 0.0180. The number of ether oxygens (including phenoxy) is 1. The summed E-state index contributed by atoms with van der Waals surface area (Å²) in [5, 5.41) is 21.7. The molecule has 1 aromatic heterocycles. The molecule has 5 heteroatoms. The summed E-state index contributed by atoms with van der Waals surface area (Å²) >= 11 is 0. The fourth-order valence-electron chi connectivity index (χ4n) is 1.20. The van der Waals surface area contributed by atoms with Gasteiger partial charge in [-0.1, -0.05) is 0 Å². The molecular weight excluding hydrogens is 222 g/mol. The van der Waals surface area contributed by atoms with E-state index in [0.717, 1.165) is 5.76 Å². The van der Waals surface area contributed by atoms with E-state index in [0.29, 0.717) is 13.2 Å². The summed E-state index contributed by atoms with van der Waals surface area (Å²) in [5.41, 5.74) is -0.387. The van der Waals surface area contributed by atoms with Crippen LogP contribution in [0.4, 0.5) is 0 Å². The number of β-amino-alcohol motifs (C(OH)–C–C–N with tert-alkyl or cyclic N) is 1. The Morgan fingerprint density at radius 1 is 1.53 bits per heavy atom. The van der Waals surface area contributed by atoms with Crippen molar-refractivity contribution >= 4 is 0 Å². The predicted molar refractivity (Wildman–Crippen MR) is 63.5 cm³/mol. The first-order valence-corrected chi connectivity index (χ1v) is 5.67. The van der Waals surface area contributed by atoms with Gasteiger partial charge in [-0.3, -0.25) is 0 Å². The molecule has 5 nitrogen and oxygen atoms in total. The first-order valence-electron chi connectivity index (χ1n) is 5.67. The van der Waals surface area contributed by atoms with Crippen LogP contribution in [0.25, 0.3) is 0 Å². The van der Waals surface area contributed by atoms with E-state index in [1.54, 1.807) is 12.3 Å². The molecule has 0 saturated carbocycles. The largest absolute Gasteiger partial charge is 0.467 e. The predicted octanol–water partition coefficient (Wildman–Crippen LogP) is 0.518. The fraction of sp³-hybridized carbons (Fsp3) is 0.667. The number of nitrogens with one attached hydrogen (secondary N) is 1. The van der Waals surface area contributed by atoms with Crippen LogP contribution in [0.1, 0.15) is 19.6 Å². The summed E-state index contributed by atoms with van der Waals surface area (Å²) in [7, 11) is 0.